The molecule has 0 spiro atoms. The van der Waals surface area contributed by atoms with Crippen molar-refractivity contribution in [2.75, 3.05) is 7.05 Å². The highest BCUT2D eigenvalue weighted by molar-refractivity contribution is 6.30. The van der Waals surface area contributed by atoms with E-state index < -0.39 is 0 Å². The van der Waals surface area contributed by atoms with Crippen molar-refractivity contribution in [2.24, 2.45) is 0 Å². The van der Waals surface area contributed by atoms with Gasteiger partial charge in [-0.1, -0.05) is 11.6 Å². The van der Waals surface area contributed by atoms with Crippen LogP contribution in [0.15, 0.2) is 35.1 Å². The number of nitrogens with zero attached hydrogens (tertiary/aromatic N) is 1. The summed E-state index contributed by atoms with van der Waals surface area (Å²) in [6.45, 7) is 0.689. The van der Waals surface area contributed by atoms with Crippen LogP contribution < -0.4 is 5.32 Å². The van der Waals surface area contributed by atoms with Gasteiger partial charge in [0.2, 0.25) is 0 Å². The quantitative estimate of drug-likeness (QED) is 0.868. The summed E-state index contributed by atoms with van der Waals surface area (Å²) in [6, 6.07) is 7.51. The molecule has 0 bridgehead atoms. The van der Waals surface area contributed by atoms with Crippen molar-refractivity contribution in [3.8, 4) is 11.3 Å². The molecular weight excluding hydrogens is 212 g/mol. The monoisotopic (exact) mass is 222 g/mol. The summed E-state index contributed by atoms with van der Waals surface area (Å²) in [6.07, 6.45) is 1.45. The standard InChI is InChI=1S/C11H11ClN2O/c1-13-6-10-11(15-7-14-10)8-2-4-9(12)5-3-8/h2-5,7,13H,6H2,1H3. The highest BCUT2D eigenvalue weighted by Crippen LogP contribution is 2.24. The average Bonchev–Trinajstić information content (AvgIpc) is 2.68. The molecule has 0 aliphatic carbocycles. The number of hydrogen-bond donors (Lipinski definition) is 1. The van der Waals surface area contributed by atoms with E-state index in [1.807, 2.05) is 31.3 Å². The molecule has 0 radical (unpaired) electrons. The van der Waals surface area contributed by atoms with E-state index in [2.05, 4.69) is 10.3 Å². The molecule has 0 saturated heterocycles. The minimum absolute atomic E-state index is 0.689. The molecule has 1 aromatic heterocycles. The summed E-state index contributed by atoms with van der Waals surface area (Å²) < 4.78 is 5.35. The molecule has 0 atom stereocenters. The molecule has 0 unspecified atom stereocenters. The lowest BCUT2D eigenvalue weighted by atomic mass is 10.1. The highest BCUT2D eigenvalue weighted by Gasteiger charge is 2.09. The largest absolute Gasteiger partial charge is 0.443 e. The first-order chi connectivity index (χ1) is 7.31. The van der Waals surface area contributed by atoms with Crippen molar-refractivity contribution >= 4 is 11.6 Å². The molecule has 1 heterocycles. The lowest BCUT2D eigenvalue weighted by molar-refractivity contribution is 0.570. The van der Waals surface area contributed by atoms with Crippen LogP contribution in [0, 0.1) is 0 Å². The van der Waals surface area contributed by atoms with Crippen LogP contribution in [-0.4, -0.2) is 12.0 Å². The first-order valence-corrected chi connectivity index (χ1v) is 5.02. The van der Waals surface area contributed by atoms with Gasteiger partial charge in [-0.05, 0) is 31.3 Å². The summed E-state index contributed by atoms with van der Waals surface area (Å²) in [4.78, 5) is 4.14. The Hall–Kier alpha value is -1.32. The number of halogens is 1. The van der Waals surface area contributed by atoms with E-state index in [4.69, 9.17) is 16.0 Å². The van der Waals surface area contributed by atoms with Gasteiger partial charge < -0.3 is 9.73 Å². The van der Waals surface area contributed by atoms with E-state index in [1.54, 1.807) is 0 Å². The second-order valence-electron chi connectivity index (χ2n) is 3.17. The van der Waals surface area contributed by atoms with Crippen LogP contribution in [-0.2, 0) is 6.54 Å². The molecule has 0 amide bonds. The minimum Gasteiger partial charge on any atom is -0.443 e. The smallest absolute Gasteiger partial charge is 0.181 e. The highest BCUT2D eigenvalue weighted by atomic mass is 35.5. The Morgan fingerprint density at radius 3 is 2.73 bits per heavy atom. The van der Waals surface area contributed by atoms with Gasteiger partial charge >= 0.3 is 0 Å². The van der Waals surface area contributed by atoms with Crippen molar-refractivity contribution in [1.82, 2.24) is 10.3 Å². The van der Waals surface area contributed by atoms with E-state index >= 15 is 0 Å². The summed E-state index contributed by atoms with van der Waals surface area (Å²) in [5.74, 6) is 0.793. The molecule has 3 nitrogen and oxygen atoms in total. The van der Waals surface area contributed by atoms with Gasteiger partial charge in [0.05, 0.1) is 0 Å². The summed E-state index contributed by atoms with van der Waals surface area (Å²) in [7, 11) is 1.88. The van der Waals surface area contributed by atoms with E-state index in [1.165, 1.54) is 6.39 Å². The molecule has 78 valence electrons. The zero-order valence-electron chi connectivity index (χ0n) is 8.33. The number of aromatic nitrogens is 1. The number of oxazole rings is 1. The predicted octanol–water partition coefficient (Wildman–Crippen LogP) is 2.71. The van der Waals surface area contributed by atoms with Crippen LogP contribution >= 0.6 is 11.6 Å². The van der Waals surface area contributed by atoms with E-state index in [0.29, 0.717) is 11.6 Å². The van der Waals surface area contributed by atoms with Gasteiger partial charge in [-0.2, -0.15) is 0 Å². The molecule has 1 N–H and O–H groups in total. The lowest BCUT2D eigenvalue weighted by Gasteiger charge is -2.00. The van der Waals surface area contributed by atoms with Crippen molar-refractivity contribution < 1.29 is 4.42 Å². The van der Waals surface area contributed by atoms with Gasteiger partial charge in [-0.3, -0.25) is 0 Å². The normalized spacial score (nSPS) is 10.5. The Bertz CT molecular complexity index is 436. The molecule has 15 heavy (non-hydrogen) atoms. The maximum absolute atomic E-state index is 5.82. The Morgan fingerprint density at radius 2 is 2.07 bits per heavy atom. The van der Waals surface area contributed by atoms with Gasteiger partial charge in [0, 0.05) is 17.1 Å². The zero-order chi connectivity index (χ0) is 10.7. The van der Waals surface area contributed by atoms with Gasteiger partial charge in [-0.15, -0.1) is 0 Å². The van der Waals surface area contributed by atoms with Crippen molar-refractivity contribution in [3.63, 3.8) is 0 Å². The molecule has 0 fully saturated rings. The van der Waals surface area contributed by atoms with Gasteiger partial charge in [-0.25, -0.2) is 4.98 Å². The molecule has 2 rings (SSSR count). The summed E-state index contributed by atoms with van der Waals surface area (Å²) in [5, 5.41) is 3.76. The predicted molar refractivity (Wildman–Crippen MR) is 59.7 cm³/mol. The molecule has 0 aliphatic heterocycles. The molecule has 0 saturated carbocycles. The van der Waals surface area contributed by atoms with Crippen molar-refractivity contribution in [2.45, 2.75) is 6.54 Å². The molecule has 2 aromatic rings. The fraction of sp³-hybridized carbons (Fsp3) is 0.182. The fourth-order valence-electron chi connectivity index (χ4n) is 1.40. The van der Waals surface area contributed by atoms with Crippen molar-refractivity contribution in [1.29, 1.82) is 0 Å². The van der Waals surface area contributed by atoms with Crippen LogP contribution in [0.5, 0.6) is 0 Å². The summed E-state index contributed by atoms with van der Waals surface area (Å²) >= 11 is 5.82. The second-order valence-corrected chi connectivity index (χ2v) is 3.60. The Labute approximate surface area is 93.1 Å². The second kappa shape index (κ2) is 4.47. The van der Waals surface area contributed by atoms with E-state index in [0.717, 1.165) is 17.0 Å². The fourth-order valence-corrected chi connectivity index (χ4v) is 1.52. The third-order valence-electron chi connectivity index (χ3n) is 2.09. The molecule has 0 aliphatic rings. The van der Waals surface area contributed by atoms with Gasteiger partial charge in [0.15, 0.2) is 12.2 Å². The average molecular weight is 223 g/mol. The third kappa shape index (κ3) is 2.19. The lowest BCUT2D eigenvalue weighted by Crippen LogP contribution is -2.06. The van der Waals surface area contributed by atoms with Crippen LogP contribution in [0.3, 0.4) is 0 Å². The number of nitrogens with one attached hydrogen (secondary N) is 1. The Kier molecular flexibility index (Phi) is 3.04. The molecular formula is C11H11ClN2O. The van der Waals surface area contributed by atoms with Crippen LogP contribution in [0.25, 0.3) is 11.3 Å². The zero-order valence-corrected chi connectivity index (χ0v) is 9.08. The van der Waals surface area contributed by atoms with E-state index in [-0.39, 0.29) is 0 Å². The third-order valence-corrected chi connectivity index (χ3v) is 2.34. The van der Waals surface area contributed by atoms with Crippen LogP contribution in [0.4, 0.5) is 0 Å². The van der Waals surface area contributed by atoms with Gasteiger partial charge in [0.1, 0.15) is 5.69 Å². The van der Waals surface area contributed by atoms with Crippen LogP contribution in [0.2, 0.25) is 5.02 Å². The van der Waals surface area contributed by atoms with Crippen molar-refractivity contribution in [3.05, 3.63) is 41.4 Å². The van der Waals surface area contributed by atoms with Gasteiger partial charge in [0.25, 0.3) is 0 Å². The Balaban J connectivity index is 2.36. The maximum atomic E-state index is 5.82. The maximum Gasteiger partial charge on any atom is 0.181 e. The first-order valence-electron chi connectivity index (χ1n) is 4.64. The number of hydrogen-bond acceptors (Lipinski definition) is 3. The Morgan fingerprint density at radius 1 is 1.33 bits per heavy atom. The number of rotatable bonds is 3. The van der Waals surface area contributed by atoms with E-state index in [9.17, 15) is 0 Å². The SMILES string of the molecule is CNCc1ncoc1-c1ccc(Cl)cc1. The number of benzene rings is 1. The van der Waals surface area contributed by atoms with Crippen LogP contribution in [0.1, 0.15) is 5.69 Å². The minimum atomic E-state index is 0.689. The molecule has 1 aromatic carbocycles. The first kappa shape index (κ1) is 10.2. The topological polar surface area (TPSA) is 38.1 Å². The summed E-state index contributed by atoms with van der Waals surface area (Å²) in [5.41, 5.74) is 1.89. The molecule has 4 heteroatoms.